The Morgan fingerprint density at radius 3 is 2.06 bits per heavy atom. The van der Waals surface area contributed by atoms with Gasteiger partial charge in [0.15, 0.2) is 5.76 Å². The van der Waals surface area contributed by atoms with E-state index in [0.717, 1.165) is 16.7 Å². The van der Waals surface area contributed by atoms with E-state index in [4.69, 9.17) is 4.42 Å². The van der Waals surface area contributed by atoms with Crippen LogP contribution in [0.2, 0.25) is 0 Å². The molecule has 31 heavy (non-hydrogen) atoms. The fourth-order valence-corrected chi connectivity index (χ4v) is 3.28. The third-order valence-electron chi connectivity index (χ3n) is 4.97. The first-order valence-electron chi connectivity index (χ1n) is 9.97. The van der Waals surface area contributed by atoms with Crippen LogP contribution in [0.4, 0.5) is 5.69 Å². The number of amides is 2. The molecule has 4 aromatic rings. The van der Waals surface area contributed by atoms with E-state index in [1.54, 1.807) is 36.4 Å². The molecule has 0 spiro atoms. The smallest absolute Gasteiger partial charge is 0.291 e. The Morgan fingerprint density at radius 2 is 1.42 bits per heavy atom. The molecule has 0 fully saturated rings. The normalized spacial score (nSPS) is 11.5. The number of benzene rings is 3. The average molecular weight is 410 g/mol. The van der Waals surface area contributed by atoms with Crippen LogP contribution in [0.5, 0.6) is 0 Å². The van der Waals surface area contributed by atoms with Gasteiger partial charge in [-0.2, -0.15) is 0 Å². The van der Waals surface area contributed by atoms with Crippen molar-refractivity contribution >= 4 is 17.5 Å². The molecule has 0 aliphatic heterocycles. The molecule has 2 N–H and O–H groups in total. The summed E-state index contributed by atoms with van der Waals surface area (Å²) >= 11 is 0. The topological polar surface area (TPSA) is 71.3 Å². The number of rotatable bonds is 6. The van der Waals surface area contributed by atoms with Crippen molar-refractivity contribution in [1.29, 1.82) is 0 Å². The van der Waals surface area contributed by atoms with Gasteiger partial charge in [0.2, 0.25) is 0 Å². The van der Waals surface area contributed by atoms with Crippen molar-refractivity contribution in [3.05, 3.63) is 125 Å². The van der Waals surface area contributed by atoms with Gasteiger partial charge in [0, 0.05) is 11.3 Å². The van der Waals surface area contributed by atoms with E-state index in [0.29, 0.717) is 11.3 Å². The number of nitrogens with one attached hydrogen (secondary N) is 2. The second-order valence-corrected chi connectivity index (χ2v) is 7.24. The van der Waals surface area contributed by atoms with Gasteiger partial charge in [0.05, 0.1) is 12.3 Å². The highest BCUT2D eigenvalue weighted by molar-refractivity contribution is 6.02. The standard InChI is InChI=1S/C26H22N2O3/c1-18-9-11-20(12-10-18)24(19-6-3-2-4-7-19)28-25(29)21-13-15-22(16-14-21)27-26(30)23-8-5-17-31-23/h2-17,24H,1H3,(H,27,30)(H,28,29)/t24-/m1/s1. The van der Waals surface area contributed by atoms with Gasteiger partial charge in [-0.25, -0.2) is 0 Å². The Morgan fingerprint density at radius 1 is 0.742 bits per heavy atom. The molecule has 4 rings (SSSR count). The van der Waals surface area contributed by atoms with Crippen LogP contribution in [0.3, 0.4) is 0 Å². The van der Waals surface area contributed by atoms with Crippen molar-refractivity contribution in [2.45, 2.75) is 13.0 Å². The van der Waals surface area contributed by atoms with Gasteiger partial charge >= 0.3 is 0 Å². The van der Waals surface area contributed by atoms with Crippen LogP contribution >= 0.6 is 0 Å². The first-order chi connectivity index (χ1) is 15.1. The minimum Gasteiger partial charge on any atom is -0.459 e. The summed E-state index contributed by atoms with van der Waals surface area (Å²) in [7, 11) is 0. The fourth-order valence-electron chi connectivity index (χ4n) is 3.28. The molecule has 0 aliphatic carbocycles. The summed E-state index contributed by atoms with van der Waals surface area (Å²) < 4.78 is 5.09. The summed E-state index contributed by atoms with van der Waals surface area (Å²) in [5.41, 5.74) is 4.25. The SMILES string of the molecule is Cc1ccc([C@H](NC(=O)c2ccc(NC(=O)c3ccco3)cc2)c2ccccc2)cc1. The monoisotopic (exact) mass is 410 g/mol. The molecule has 0 saturated heterocycles. The Kier molecular flexibility index (Phi) is 5.94. The number of anilines is 1. The molecule has 0 unspecified atom stereocenters. The first-order valence-corrected chi connectivity index (χ1v) is 9.97. The number of carbonyl (C=O) groups excluding carboxylic acids is 2. The van der Waals surface area contributed by atoms with Gasteiger partial charge in [-0.3, -0.25) is 9.59 Å². The summed E-state index contributed by atoms with van der Waals surface area (Å²) in [5, 5.41) is 5.87. The Balaban J connectivity index is 1.50. The van der Waals surface area contributed by atoms with Crippen molar-refractivity contribution in [2.75, 3.05) is 5.32 Å². The highest BCUT2D eigenvalue weighted by Crippen LogP contribution is 2.23. The van der Waals surface area contributed by atoms with E-state index in [2.05, 4.69) is 10.6 Å². The summed E-state index contributed by atoms with van der Waals surface area (Å²) in [6, 6.07) is 27.7. The van der Waals surface area contributed by atoms with Crippen LogP contribution in [0, 0.1) is 6.92 Å². The molecule has 5 heteroatoms. The van der Waals surface area contributed by atoms with E-state index in [-0.39, 0.29) is 23.6 Å². The Bertz CT molecular complexity index is 1150. The van der Waals surface area contributed by atoms with Crippen LogP contribution in [-0.4, -0.2) is 11.8 Å². The fraction of sp³-hybridized carbons (Fsp3) is 0.0769. The molecular weight excluding hydrogens is 388 g/mol. The van der Waals surface area contributed by atoms with Crippen molar-refractivity contribution in [3.8, 4) is 0 Å². The quantitative estimate of drug-likeness (QED) is 0.449. The van der Waals surface area contributed by atoms with Crippen LogP contribution in [0.25, 0.3) is 0 Å². The molecular formula is C26H22N2O3. The number of carbonyl (C=O) groups is 2. The maximum atomic E-state index is 13.0. The molecule has 1 aromatic heterocycles. The first kappa shape index (κ1) is 20.2. The zero-order chi connectivity index (χ0) is 21.6. The number of hydrogen-bond acceptors (Lipinski definition) is 3. The molecule has 1 atom stereocenters. The number of hydrogen-bond donors (Lipinski definition) is 2. The van der Waals surface area contributed by atoms with Gasteiger partial charge in [-0.15, -0.1) is 0 Å². The lowest BCUT2D eigenvalue weighted by Crippen LogP contribution is -2.29. The van der Waals surface area contributed by atoms with Crippen molar-refractivity contribution in [2.24, 2.45) is 0 Å². The van der Waals surface area contributed by atoms with E-state index < -0.39 is 0 Å². The van der Waals surface area contributed by atoms with E-state index in [9.17, 15) is 9.59 Å². The van der Waals surface area contributed by atoms with Crippen molar-refractivity contribution < 1.29 is 14.0 Å². The van der Waals surface area contributed by atoms with E-state index in [1.807, 2.05) is 61.5 Å². The predicted molar refractivity (Wildman–Crippen MR) is 120 cm³/mol. The summed E-state index contributed by atoms with van der Waals surface area (Å²) in [6.07, 6.45) is 1.44. The molecule has 0 bridgehead atoms. The third-order valence-corrected chi connectivity index (χ3v) is 4.97. The van der Waals surface area contributed by atoms with Crippen LogP contribution < -0.4 is 10.6 Å². The minimum atomic E-state index is -0.342. The highest BCUT2D eigenvalue weighted by Gasteiger charge is 2.18. The number of furan rings is 1. The zero-order valence-electron chi connectivity index (χ0n) is 17.0. The molecule has 0 aliphatic rings. The molecule has 0 saturated carbocycles. The van der Waals surface area contributed by atoms with Crippen LogP contribution in [0.1, 0.15) is 43.6 Å². The van der Waals surface area contributed by atoms with E-state index in [1.165, 1.54) is 6.26 Å². The highest BCUT2D eigenvalue weighted by atomic mass is 16.3. The zero-order valence-corrected chi connectivity index (χ0v) is 17.0. The molecule has 5 nitrogen and oxygen atoms in total. The van der Waals surface area contributed by atoms with Gasteiger partial charge in [-0.05, 0) is 54.4 Å². The van der Waals surface area contributed by atoms with Gasteiger partial charge in [-0.1, -0.05) is 60.2 Å². The maximum absolute atomic E-state index is 13.0. The number of aryl methyl sites for hydroxylation is 1. The van der Waals surface area contributed by atoms with Crippen LogP contribution in [-0.2, 0) is 0 Å². The van der Waals surface area contributed by atoms with E-state index >= 15 is 0 Å². The maximum Gasteiger partial charge on any atom is 0.291 e. The second kappa shape index (κ2) is 9.13. The molecule has 2 amide bonds. The molecule has 1 heterocycles. The lowest BCUT2D eigenvalue weighted by atomic mass is 9.97. The van der Waals surface area contributed by atoms with Crippen molar-refractivity contribution in [1.82, 2.24) is 5.32 Å². The predicted octanol–water partition coefficient (Wildman–Crippen LogP) is 5.36. The van der Waals surface area contributed by atoms with Gasteiger partial charge in [0.1, 0.15) is 0 Å². The van der Waals surface area contributed by atoms with Crippen LogP contribution in [0.15, 0.2) is 102 Å². The summed E-state index contributed by atoms with van der Waals surface area (Å²) in [4.78, 5) is 25.1. The van der Waals surface area contributed by atoms with Gasteiger partial charge < -0.3 is 15.1 Å². The molecule has 154 valence electrons. The second-order valence-electron chi connectivity index (χ2n) is 7.24. The summed E-state index contributed by atoms with van der Waals surface area (Å²) in [5.74, 6) is -0.310. The van der Waals surface area contributed by atoms with Gasteiger partial charge in [0.25, 0.3) is 11.8 Å². The Hall–Kier alpha value is -4.12. The molecule has 3 aromatic carbocycles. The van der Waals surface area contributed by atoms with Crippen molar-refractivity contribution in [3.63, 3.8) is 0 Å². The third kappa shape index (κ3) is 4.90. The summed E-state index contributed by atoms with van der Waals surface area (Å²) in [6.45, 7) is 2.03. The largest absolute Gasteiger partial charge is 0.459 e. The molecule has 0 radical (unpaired) electrons. The average Bonchev–Trinajstić information content (AvgIpc) is 3.34. The lowest BCUT2D eigenvalue weighted by molar-refractivity contribution is 0.0942. The lowest BCUT2D eigenvalue weighted by Gasteiger charge is -2.20. The minimum absolute atomic E-state index is 0.196. The Labute approximate surface area is 180 Å².